The third-order valence-corrected chi connectivity index (χ3v) is 3.31. The van der Waals surface area contributed by atoms with Gasteiger partial charge in [-0.1, -0.05) is 35.9 Å². The highest BCUT2D eigenvalue weighted by Gasteiger charge is 2.19. The van der Waals surface area contributed by atoms with Crippen molar-refractivity contribution in [1.29, 1.82) is 0 Å². The van der Waals surface area contributed by atoms with E-state index >= 15 is 0 Å². The molecule has 2 aromatic carbocycles. The Morgan fingerprint density at radius 2 is 1.79 bits per heavy atom. The van der Waals surface area contributed by atoms with Gasteiger partial charge in [-0.2, -0.15) is 0 Å². The molecule has 100 valence electrons. The molecule has 0 bridgehead atoms. The Labute approximate surface area is 113 Å². The van der Waals surface area contributed by atoms with Crippen LogP contribution in [0.4, 0.5) is 4.39 Å². The molecule has 2 rings (SSSR count). The quantitative estimate of drug-likeness (QED) is 0.655. The van der Waals surface area contributed by atoms with Crippen molar-refractivity contribution in [3.8, 4) is 0 Å². The number of nitrogens with one attached hydrogen (secondary N) is 1. The highest BCUT2D eigenvalue weighted by atomic mass is 19.1. The minimum atomic E-state index is -0.333. The first-order chi connectivity index (χ1) is 9.02. The lowest BCUT2D eigenvalue weighted by atomic mass is 9.93. The van der Waals surface area contributed by atoms with Crippen molar-refractivity contribution < 1.29 is 4.39 Å². The molecule has 0 saturated carbocycles. The van der Waals surface area contributed by atoms with E-state index in [1.165, 1.54) is 0 Å². The van der Waals surface area contributed by atoms with Gasteiger partial charge in [-0.15, -0.1) is 0 Å². The smallest absolute Gasteiger partial charge is 0.128 e. The third kappa shape index (κ3) is 2.83. The van der Waals surface area contributed by atoms with Gasteiger partial charge in [-0.05, 0) is 43.5 Å². The Morgan fingerprint density at radius 3 is 2.37 bits per heavy atom. The van der Waals surface area contributed by atoms with Crippen LogP contribution in [0.15, 0.2) is 36.4 Å². The first-order valence-electron chi connectivity index (χ1n) is 6.32. The standard InChI is InChI=1S/C16H19FN2/c1-10-5-4-6-13(8-10)16(19-18)15-12(3)7-11(2)9-14(15)17/h4-9,16,19H,18H2,1-3H3. The van der Waals surface area contributed by atoms with E-state index in [2.05, 4.69) is 5.43 Å². The highest BCUT2D eigenvalue weighted by Crippen LogP contribution is 2.28. The summed E-state index contributed by atoms with van der Waals surface area (Å²) in [6.45, 7) is 5.80. The second-order valence-corrected chi connectivity index (χ2v) is 4.99. The number of rotatable bonds is 3. The minimum Gasteiger partial charge on any atom is -0.271 e. The van der Waals surface area contributed by atoms with Gasteiger partial charge < -0.3 is 0 Å². The summed E-state index contributed by atoms with van der Waals surface area (Å²) in [5.41, 5.74) is 7.25. The van der Waals surface area contributed by atoms with Gasteiger partial charge in [-0.3, -0.25) is 5.84 Å². The lowest BCUT2D eigenvalue weighted by Crippen LogP contribution is -2.30. The summed E-state index contributed by atoms with van der Waals surface area (Å²) in [6, 6.07) is 11.1. The number of benzene rings is 2. The monoisotopic (exact) mass is 258 g/mol. The van der Waals surface area contributed by atoms with Gasteiger partial charge in [0.15, 0.2) is 0 Å². The van der Waals surface area contributed by atoms with Crippen LogP contribution in [0.25, 0.3) is 0 Å². The zero-order valence-electron chi connectivity index (χ0n) is 11.5. The zero-order valence-corrected chi connectivity index (χ0v) is 11.5. The second-order valence-electron chi connectivity index (χ2n) is 4.99. The lowest BCUT2D eigenvalue weighted by Gasteiger charge is -2.20. The molecule has 19 heavy (non-hydrogen) atoms. The molecule has 3 N–H and O–H groups in total. The summed E-state index contributed by atoms with van der Waals surface area (Å²) in [5.74, 6) is 5.43. The molecule has 0 fully saturated rings. The number of hydrogen-bond donors (Lipinski definition) is 2. The van der Waals surface area contributed by atoms with Gasteiger partial charge in [0, 0.05) is 5.56 Å². The van der Waals surface area contributed by atoms with Crippen LogP contribution < -0.4 is 11.3 Å². The van der Waals surface area contributed by atoms with Gasteiger partial charge in [0.2, 0.25) is 0 Å². The highest BCUT2D eigenvalue weighted by molar-refractivity contribution is 5.40. The largest absolute Gasteiger partial charge is 0.271 e. The molecule has 0 amide bonds. The fourth-order valence-electron chi connectivity index (χ4n) is 2.49. The average molecular weight is 258 g/mol. The molecule has 0 aliphatic rings. The van der Waals surface area contributed by atoms with Gasteiger partial charge in [-0.25, -0.2) is 9.82 Å². The van der Waals surface area contributed by atoms with Crippen molar-refractivity contribution in [2.75, 3.05) is 0 Å². The van der Waals surface area contributed by atoms with Gasteiger partial charge >= 0.3 is 0 Å². The average Bonchev–Trinajstić information content (AvgIpc) is 2.33. The predicted octanol–water partition coefficient (Wildman–Crippen LogP) is 3.30. The lowest BCUT2D eigenvalue weighted by molar-refractivity contribution is 0.556. The Morgan fingerprint density at radius 1 is 1.05 bits per heavy atom. The van der Waals surface area contributed by atoms with Crippen LogP contribution in [0.1, 0.15) is 33.9 Å². The van der Waals surface area contributed by atoms with Gasteiger partial charge in [0.25, 0.3) is 0 Å². The van der Waals surface area contributed by atoms with E-state index in [9.17, 15) is 4.39 Å². The summed E-state index contributed by atoms with van der Waals surface area (Å²) in [7, 11) is 0. The van der Waals surface area contributed by atoms with Crippen molar-refractivity contribution >= 4 is 0 Å². The number of halogens is 1. The predicted molar refractivity (Wildman–Crippen MR) is 76.2 cm³/mol. The van der Waals surface area contributed by atoms with Crippen LogP contribution in [0.2, 0.25) is 0 Å². The maximum atomic E-state index is 14.2. The summed E-state index contributed by atoms with van der Waals surface area (Å²) < 4.78 is 14.2. The summed E-state index contributed by atoms with van der Waals surface area (Å²) >= 11 is 0. The maximum absolute atomic E-state index is 14.2. The van der Waals surface area contributed by atoms with E-state index in [-0.39, 0.29) is 11.9 Å². The van der Waals surface area contributed by atoms with Crippen molar-refractivity contribution in [3.05, 3.63) is 70.0 Å². The topological polar surface area (TPSA) is 38.0 Å². The molecule has 0 heterocycles. The number of hydrogen-bond acceptors (Lipinski definition) is 2. The summed E-state index contributed by atoms with van der Waals surface area (Å²) in [6.07, 6.45) is 0. The first-order valence-corrected chi connectivity index (χ1v) is 6.32. The molecule has 2 nitrogen and oxygen atoms in total. The number of hydrazine groups is 1. The third-order valence-electron chi connectivity index (χ3n) is 3.31. The Hall–Kier alpha value is -1.71. The number of nitrogens with two attached hydrogens (primary N) is 1. The number of aryl methyl sites for hydroxylation is 3. The minimum absolute atomic E-state index is 0.220. The molecule has 0 radical (unpaired) electrons. The molecule has 3 heteroatoms. The van der Waals surface area contributed by atoms with Crippen molar-refractivity contribution in [1.82, 2.24) is 5.43 Å². The van der Waals surface area contributed by atoms with E-state index in [1.54, 1.807) is 6.07 Å². The fourth-order valence-corrected chi connectivity index (χ4v) is 2.49. The van der Waals surface area contributed by atoms with Crippen LogP contribution in [-0.4, -0.2) is 0 Å². The van der Waals surface area contributed by atoms with E-state index in [4.69, 9.17) is 5.84 Å². The molecular weight excluding hydrogens is 239 g/mol. The zero-order chi connectivity index (χ0) is 14.0. The summed E-state index contributed by atoms with van der Waals surface area (Å²) in [5, 5.41) is 0. The molecule has 2 aromatic rings. The molecule has 0 saturated heterocycles. The molecular formula is C16H19FN2. The molecule has 0 aromatic heterocycles. The van der Waals surface area contributed by atoms with E-state index in [0.717, 1.165) is 22.3 Å². The SMILES string of the molecule is Cc1cccc(C(NN)c2c(C)cc(C)cc2F)c1. The molecule has 0 spiro atoms. The van der Waals surface area contributed by atoms with Crippen LogP contribution in [0, 0.1) is 26.6 Å². The van der Waals surface area contributed by atoms with E-state index in [0.29, 0.717) is 5.56 Å². The van der Waals surface area contributed by atoms with E-state index < -0.39 is 0 Å². The van der Waals surface area contributed by atoms with Crippen LogP contribution in [-0.2, 0) is 0 Å². The molecule has 1 unspecified atom stereocenters. The van der Waals surface area contributed by atoms with E-state index in [1.807, 2.05) is 51.1 Å². The van der Waals surface area contributed by atoms with Crippen LogP contribution in [0.5, 0.6) is 0 Å². The normalized spacial score (nSPS) is 12.5. The summed E-state index contributed by atoms with van der Waals surface area (Å²) in [4.78, 5) is 0. The molecule has 1 atom stereocenters. The van der Waals surface area contributed by atoms with Crippen LogP contribution >= 0.6 is 0 Å². The van der Waals surface area contributed by atoms with Crippen LogP contribution in [0.3, 0.4) is 0 Å². The first kappa shape index (κ1) is 13.7. The maximum Gasteiger partial charge on any atom is 0.128 e. The molecule has 0 aliphatic heterocycles. The van der Waals surface area contributed by atoms with Gasteiger partial charge in [0.1, 0.15) is 5.82 Å². The molecule has 0 aliphatic carbocycles. The fraction of sp³-hybridized carbons (Fsp3) is 0.250. The van der Waals surface area contributed by atoms with Crippen molar-refractivity contribution in [2.24, 2.45) is 5.84 Å². The van der Waals surface area contributed by atoms with Crippen molar-refractivity contribution in [2.45, 2.75) is 26.8 Å². The Balaban J connectivity index is 2.54. The Kier molecular flexibility index (Phi) is 3.98. The second kappa shape index (κ2) is 5.51. The van der Waals surface area contributed by atoms with Crippen molar-refractivity contribution in [3.63, 3.8) is 0 Å². The Bertz CT molecular complexity index is 570. The van der Waals surface area contributed by atoms with Gasteiger partial charge in [0.05, 0.1) is 6.04 Å².